The molecule has 1 atom stereocenters. The summed E-state index contributed by atoms with van der Waals surface area (Å²) in [5, 5.41) is 0. The molecule has 1 fully saturated rings. The van der Waals surface area contributed by atoms with Crippen LogP contribution < -0.4 is 0 Å². The zero-order valence-electron chi connectivity index (χ0n) is 10.1. The lowest BCUT2D eigenvalue weighted by atomic mass is 9.87. The van der Waals surface area contributed by atoms with Gasteiger partial charge in [-0.05, 0) is 36.5 Å². The van der Waals surface area contributed by atoms with E-state index in [-0.39, 0.29) is 19.0 Å². The number of hydrogen-bond acceptors (Lipinski definition) is 1. The average molecular weight is 316 g/mol. The van der Waals surface area contributed by atoms with Gasteiger partial charge in [-0.1, -0.05) is 28.1 Å². The van der Waals surface area contributed by atoms with Gasteiger partial charge in [-0.3, -0.25) is 4.90 Å². The number of halogens is 3. The molecule has 1 aromatic rings. The smallest absolute Gasteiger partial charge is 0.261 e. The van der Waals surface area contributed by atoms with Crippen LogP contribution in [0.4, 0.5) is 8.78 Å². The van der Waals surface area contributed by atoms with Crippen molar-refractivity contribution in [3.05, 3.63) is 33.8 Å². The first-order chi connectivity index (χ1) is 8.57. The fourth-order valence-corrected chi connectivity index (χ4v) is 3.77. The van der Waals surface area contributed by atoms with Crippen molar-refractivity contribution in [3.63, 3.8) is 0 Å². The van der Waals surface area contributed by atoms with Gasteiger partial charge in [0.05, 0.1) is 6.54 Å². The summed E-state index contributed by atoms with van der Waals surface area (Å²) in [7, 11) is 0. The number of nitrogens with zero attached hydrogens (tertiary/aromatic N) is 1. The van der Waals surface area contributed by atoms with Crippen LogP contribution in [0, 0.1) is 0 Å². The standard InChI is InChI=1S/C14H16BrF2N/c15-12-5-1-4-11-10(12)3-2-6-13(11)18-8-7-14(16,17)9-18/h1,4-5,13H,2-3,6-9H2. The van der Waals surface area contributed by atoms with Gasteiger partial charge in [0.2, 0.25) is 0 Å². The van der Waals surface area contributed by atoms with Gasteiger partial charge in [-0.2, -0.15) is 0 Å². The van der Waals surface area contributed by atoms with Crippen LogP contribution in [0.25, 0.3) is 0 Å². The average Bonchev–Trinajstić information content (AvgIpc) is 2.70. The highest BCUT2D eigenvalue weighted by Crippen LogP contribution is 2.41. The van der Waals surface area contributed by atoms with E-state index in [1.165, 1.54) is 11.1 Å². The Hall–Kier alpha value is -0.480. The molecule has 1 aliphatic heterocycles. The molecule has 0 aromatic heterocycles. The van der Waals surface area contributed by atoms with Crippen molar-refractivity contribution in [2.45, 2.75) is 37.6 Å². The summed E-state index contributed by atoms with van der Waals surface area (Å²) in [6.07, 6.45) is 3.15. The quantitative estimate of drug-likeness (QED) is 0.752. The van der Waals surface area contributed by atoms with E-state index in [9.17, 15) is 8.78 Å². The van der Waals surface area contributed by atoms with Gasteiger partial charge in [-0.25, -0.2) is 8.78 Å². The first kappa shape index (κ1) is 12.5. The Morgan fingerprint density at radius 1 is 1.33 bits per heavy atom. The maximum Gasteiger partial charge on any atom is 0.261 e. The molecule has 0 bridgehead atoms. The number of benzene rings is 1. The molecule has 1 saturated heterocycles. The van der Waals surface area contributed by atoms with E-state index < -0.39 is 5.92 Å². The van der Waals surface area contributed by atoms with E-state index in [0.29, 0.717) is 6.54 Å². The third-order valence-electron chi connectivity index (χ3n) is 4.06. The Morgan fingerprint density at radius 2 is 2.17 bits per heavy atom. The molecule has 1 heterocycles. The molecule has 0 N–H and O–H groups in total. The van der Waals surface area contributed by atoms with Crippen LogP contribution in [-0.2, 0) is 6.42 Å². The Labute approximate surface area is 114 Å². The molecule has 4 heteroatoms. The highest BCUT2D eigenvalue weighted by molar-refractivity contribution is 9.10. The number of fused-ring (bicyclic) bond motifs is 1. The Bertz CT molecular complexity index is 461. The summed E-state index contributed by atoms with van der Waals surface area (Å²) in [5.74, 6) is -2.50. The molecule has 1 unspecified atom stereocenters. The minimum absolute atomic E-state index is 0.00678. The molecule has 2 aliphatic rings. The van der Waals surface area contributed by atoms with Gasteiger partial charge < -0.3 is 0 Å². The molecule has 1 aromatic carbocycles. The van der Waals surface area contributed by atoms with Crippen LogP contribution in [0.15, 0.2) is 22.7 Å². The first-order valence-electron chi connectivity index (χ1n) is 6.46. The van der Waals surface area contributed by atoms with Gasteiger partial charge in [0, 0.05) is 23.5 Å². The molecule has 0 radical (unpaired) electrons. The van der Waals surface area contributed by atoms with E-state index in [1.807, 2.05) is 17.0 Å². The van der Waals surface area contributed by atoms with Crippen LogP contribution in [0.5, 0.6) is 0 Å². The third kappa shape index (κ3) is 2.21. The summed E-state index contributed by atoms with van der Waals surface area (Å²) in [6.45, 7) is 0.438. The zero-order chi connectivity index (χ0) is 12.8. The van der Waals surface area contributed by atoms with Crippen LogP contribution in [0.2, 0.25) is 0 Å². The summed E-state index contributed by atoms with van der Waals surface area (Å²) in [6, 6.07) is 6.33. The summed E-state index contributed by atoms with van der Waals surface area (Å²) in [4.78, 5) is 1.96. The topological polar surface area (TPSA) is 3.24 Å². The van der Waals surface area contributed by atoms with Crippen molar-refractivity contribution < 1.29 is 8.78 Å². The molecule has 0 amide bonds. The number of rotatable bonds is 1. The number of likely N-dealkylation sites (tertiary alicyclic amines) is 1. The van der Waals surface area contributed by atoms with Crippen molar-refractivity contribution >= 4 is 15.9 Å². The molecule has 18 heavy (non-hydrogen) atoms. The Balaban J connectivity index is 1.90. The van der Waals surface area contributed by atoms with E-state index in [1.54, 1.807) is 0 Å². The normalized spacial score (nSPS) is 27.2. The van der Waals surface area contributed by atoms with Crippen LogP contribution in [0.1, 0.15) is 36.4 Å². The zero-order valence-corrected chi connectivity index (χ0v) is 11.7. The molecule has 0 spiro atoms. The largest absolute Gasteiger partial charge is 0.290 e. The Kier molecular flexibility index (Phi) is 3.18. The molecule has 1 nitrogen and oxygen atoms in total. The van der Waals surface area contributed by atoms with Gasteiger partial charge >= 0.3 is 0 Å². The molecule has 1 aliphatic carbocycles. The number of hydrogen-bond donors (Lipinski definition) is 0. The van der Waals surface area contributed by atoms with Gasteiger partial charge in [0.15, 0.2) is 0 Å². The van der Waals surface area contributed by atoms with Crippen molar-refractivity contribution in [2.24, 2.45) is 0 Å². The fourth-order valence-electron chi connectivity index (χ4n) is 3.19. The second kappa shape index (κ2) is 4.57. The molecular weight excluding hydrogens is 300 g/mol. The van der Waals surface area contributed by atoms with Crippen LogP contribution in [0.3, 0.4) is 0 Å². The summed E-state index contributed by atoms with van der Waals surface area (Å²) >= 11 is 3.57. The van der Waals surface area contributed by atoms with Crippen molar-refractivity contribution in [1.82, 2.24) is 4.90 Å². The predicted octanol–water partition coefficient (Wildman–Crippen LogP) is 4.17. The van der Waals surface area contributed by atoms with E-state index in [0.717, 1.165) is 23.7 Å². The highest BCUT2D eigenvalue weighted by Gasteiger charge is 2.42. The van der Waals surface area contributed by atoms with Gasteiger partial charge in [0.1, 0.15) is 0 Å². The van der Waals surface area contributed by atoms with Crippen molar-refractivity contribution in [2.75, 3.05) is 13.1 Å². The van der Waals surface area contributed by atoms with Crippen LogP contribution >= 0.6 is 15.9 Å². The molecule has 98 valence electrons. The lowest BCUT2D eigenvalue weighted by Gasteiger charge is -2.33. The van der Waals surface area contributed by atoms with Gasteiger partial charge in [0.25, 0.3) is 5.92 Å². The second-order valence-corrected chi connectivity index (χ2v) is 6.15. The first-order valence-corrected chi connectivity index (χ1v) is 7.25. The van der Waals surface area contributed by atoms with E-state index in [2.05, 4.69) is 22.0 Å². The monoisotopic (exact) mass is 315 g/mol. The predicted molar refractivity (Wildman–Crippen MR) is 71.0 cm³/mol. The SMILES string of the molecule is FC1(F)CCN(C2CCCc3c(Br)cccc32)C1. The van der Waals surface area contributed by atoms with Gasteiger partial charge in [-0.15, -0.1) is 0 Å². The highest BCUT2D eigenvalue weighted by atomic mass is 79.9. The van der Waals surface area contributed by atoms with Crippen molar-refractivity contribution in [1.29, 1.82) is 0 Å². The van der Waals surface area contributed by atoms with Crippen molar-refractivity contribution in [3.8, 4) is 0 Å². The lowest BCUT2D eigenvalue weighted by Crippen LogP contribution is -2.31. The second-order valence-electron chi connectivity index (χ2n) is 5.29. The summed E-state index contributed by atoms with van der Waals surface area (Å²) < 4.78 is 27.8. The summed E-state index contributed by atoms with van der Waals surface area (Å²) in [5.41, 5.74) is 2.55. The third-order valence-corrected chi connectivity index (χ3v) is 4.80. The fraction of sp³-hybridized carbons (Fsp3) is 0.571. The van der Waals surface area contributed by atoms with Crippen LogP contribution in [-0.4, -0.2) is 23.9 Å². The Morgan fingerprint density at radius 3 is 2.89 bits per heavy atom. The molecular formula is C14H16BrF2N. The maximum atomic E-state index is 13.4. The van der Waals surface area contributed by atoms with E-state index in [4.69, 9.17) is 0 Å². The lowest BCUT2D eigenvalue weighted by molar-refractivity contribution is 0.00652. The minimum Gasteiger partial charge on any atom is -0.290 e. The molecule has 3 rings (SSSR count). The van der Waals surface area contributed by atoms with E-state index >= 15 is 0 Å². The minimum atomic E-state index is -2.50. The number of alkyl halides is 2. The maximum absolute atomic E-state index is 13.4. The molecule has 0 saturated carbocycles.